The Kier molecular flexibility index (Phi) is 7.13. The van der Waals surface area contributed by atoms with Crippen molar-refractivity contribution in [2.24, 2.45) is 5.73 Å². The number of nitrogens with zero attached hydrogens (tertiary/aromatic N) is 1. The van der Waals surface area contributed by atoms with E-state index in [-0.39, 0.29) is 5.78 Å². The number of halogens is 1. The van der Waals surface area contributed by atoms with E-state index in [4.69, 9.17) is 26.8 Å². The normalized spacial score (nSPS) is 14.5. The van der Waals surface area contributed by atoms with Crippen LogP contribution in [0.5, 0.6) is 11.5 Å². The highest BCUT2D eigenvalue weighted by molar-refractivity contribution is 8.03. The fourth-order valence-corrected chi connectivity index (χ4v) is 3.85. The summed E-state index contributed by atoms with van der Waals surface area (Å²) in [6.45, 7) is 2.04. The van der Waals surface area contributed by atoms with Gasteiger partial charge in [-0.2, -0.15) is 0 Å². The molecule has 0 saturated carbocycles. The first-order valence-electron chi connectivity index (χ1n) is 9.21. The minimum absolute atomic E-state index is 0.162. The Bertz CT molecular complexity index is 1030. The quantitative estimate of drug-likeness (QED) is 0.357. The van der Waals surface area contributed by atoms with Crippen molar-refractivity contribution >= 4 is 34.8 Å². The zero-order valence-electron chi connectivity index (χ0n) is 17.0. The van der Waals surface area contributed by atoms with Gasteiger partial charge in [0.1, 0.15) is 0 Å². The second-order valence-corrected chi connectivity index (χ2v) is 8.18. The SMILES string of the molecule is COc1ccc(C(=O)/C=C/C(=C(/N)c2ccc(Cl)cc2)N2C=C(C)SC2)cc1OC. The third-order valence-corrected chi connectivity index (χ3v) is 5.79. The minimum Gasteiger partial charge on any atom is -0.493 e. The van der Waals surface area contributed by atoms with Gasteiger partial charge in [0.2, 0.25) is 0 Å². The second kappa shape index (κ2) is 9.78. The number of carbonyl (C=O) groups is 1. The van der Waals surface area contributed by atoms with Crippen LogP contribution in [0.3, 0.4) is 0 Å². The molecule has 7 heteroatoms. The summed E-state index contributed by atoms with van der Waals surface area (Å²) in [6, 6.07) is 12.4. The van der Waals surface area contributed by atoms with E-state index in [0.717, 1.165) is 17.1 Å². The monoisotopic (exact) mass is 442 g/mol. The Morgan fingerprint density at radius 2 is 1.73 bits per heavy atom. The van der Waals surface area contributed by atoms with Crippen molar-refractivity contribution in [1.29, 1.82) is 0 Å². The molecule has 2 aromatic carbocycles. The number of carbonyl (C=O) groups excluding carboxylic acids is 1. The Balaban J connectivity index is 1.95. The summed E-state index contributed by atoms with van der Waals surface area (Å²) in [4.78, 5) is 16.0. The zero-order chi connectivity index (χ0) is 21.7. The molecular formula is C23H23ClN2O3S. The van der Waals surface area contributed by atoms with Gasteiger partial charge in [-0.1, -0.05) is 23.7 Å². The van der Waals surface area contributed by atoms with Crippen LogP contribution in [0, 0.1) is 0 Å². The molecule has 1 aliphatic heterocycles. The lowest BCUT2D eigenvalue weighted by atomic mass is 10.1. The average Bonchev–Trinajstić information content (AvgIpc) is 3.19. The van der Waals surface area contributed by atoms with E-state index in [2.05, 4.69) is 0 Å². The van der Waals surface area contributed by atoms with Gasteiger partial charge in [-0.05, 0) is 59.9 Å². The number of allylic oxidation sites excluding steroid dienone is 3. The highest BCUT2D eigenvalue weighted by atomic mass is 35.5. The molecule has 1 aliphatic rings. The largest absolute Gasteiger partial charge is 0.493 e. The molecule has 0 atom stereocenters. The molecule has 0 unspecified atom stereocenters. The fraction of sp³-hybridized carbons (Fsp3) is 0.174. The summed E-state index contributed by atoms with van der Waals surface area (Å²) in [7, 11) is 3.09. The molecule has 156 valence electrons. The topological polar surface area (TPSA) is 64.8 Å². The van der Waals surface area contributed by atoms with Crippen LogP contribution in [0.1, 0.15) is 22.8 Å². The molecule has 2 N–H and O–H groups in total. The molecule has 0 aromatic heterocycles. The number of benzene rings is 2. The molecule has 0 aliphatic carbocycles. The number of rotatable bonds is 7. The van der Waals surface area contributed by atoms with Crippen molar-refractivity contribution in [2.45, 2.75) is 6.92 Å². The Hall–Kier alpha value is -2.83. The van der Waals surface area contributed by atoms with E-state index < -0.39 is 0 Å². The first kappa shape index (κ1) is 21.9. The van der Waals surface area contributed by atoms with Gasteiger partial charge < -0.3 is 20.1 Å². The number of ketones is 1. The smallest absolute Gasteiger partial charge is 0.186 e. The van der Waals surface area contributed by atoms with Gasteiger partial charge in [-0.3, -0.25) is 4.79 Å². The lowest BCUT2D eigenvalue weighted by molar-refractivity contribution is 0.104. The lowest BCUT2D eigenvalue weighted by Crippen LogP contribution is -2.16. The molecule has 0 fully saturated rings. The van der Waals surface area contributed by atoms with Gasteiger partial charge in [0.15, 0.2) is 17.3 Å². The van der Waals surface area contributed by atoms with E-state index in [9.17, 15) is 4.79 Å². The Morgan fingerprint density at radius 1 is 1.07 bits per heavy atom. The number of thioether (sulfide) groups is 1. The Morgan fingerprint density at radius 3 is 2.33 bits per heavy atom. The lowest BCUT2D eigenvalue weighted by Gasteiger charge is -2.19. The summed E-state index contributed by atoms with van der Waals surface area (Å²) in [6.07, 6.45) is 5.29. The summed E-state index contributed by atoms with van der Waals surface area (Å²) in [5.74, 6) is 1.64. The first-order chi connectivity index (χ1) is 14.4. The molecule has 0 bridgehead atoms. The van der Waals surface area contributed by atoms with Crippen molar-refractivity contribution in [2.75, 3.05) is 20.1 Å². The maximum atomic E-state index is 12.8. The fourth-order valence-electron chi connectivity index (χ4n) is 2.96. The van der Waals surface area contributed by atoms with Gasteiger partial charge in [-0.15, -0.1) is 11.8 Å². The Labute approximate surface area is 185 Å². The van der Waals surface area contributed by atoms with Crippen molar-refractivity contribution < 1.29 is 14.3 Å². The van der Waals surface area contributed by atoms with Gasteiger partial charge >= 0.3 is 0 Å². The highest BCUT2D eigenvalue weighted by Crippen LogP contribution is 2.31. The van der Waals surface area contributed by atoms with Crippen LogP contribution < -0.4 is 15.2 Å². The predicted molar refractivity (Wildman–Crippen MR) is 124 cm³/mol. The van der Waals surface area contributed by atoms with Crippen LogP contribution in [0.15, 0.2) is 71.4 Å². The van der Waals surface area contributed by atoms with Crippen LogP contribution in [0.4, 0.5) is 0 Å². The van der Waals surface area contributed by atoms with Crippen LogP contribution in [-0.2, 0) is 0 Å². The molecule has 0 spiro atoms. The molecular weight excluding hydrogens is 420 g/mol. The first-order valence-corrected chi connectivity index (χ1v) is 10.6. The summed E-state index contributed by atoms with van der Waals surface area (Å²) in [5.41, 5.74) is 9.12. The van der Waals surface area contributed by atoms with Crippen molar-refractivity contribution in [3.05, 3.63) is 87.6 Å². The van der Waals surface area contributed by atoms with Crippen LogP contribution >= 0.6 is 23.4 Å². The number of hydrogen-bond donors (Lipinski definition) is 1. The standard InChI is InChI=1S/C23H23ClN2O3S/c1-15-13-26(14-30-15)19(23(25)16-4-7-18(24)8-5-16)9-10-20(27)17-6-11-21(28-2)22(12-17)29-3/h4-13H,14,25H2,1-3H3/b10-9+,23-19-. The van der Waals surface area contributed by atoms with Gasteiger partial charge in [0.05, 0.1) is 31.5 Å². The third-order valence-electron chi connectivity index (χ3n) is 4.57. The summed E-state index contributed by atoms with van der Waals surface area (Å²) in [5, 5.41) is 0.639. The van der Waals surface area contributed by atoms with Crippen molar-refractivity contribution in [1.82, 2.24) is 4.90 Å². The maximum Gasteiger partial charge on any atom is 0.186 e. The van der Waals surface area contributed by atoms with E-state index in [1.807, 2.05) is 30.2 Å². The van der Waals surface area contributed by atoms with Gasteiger partial charge in [0.25, 0.3) is 0 Å². The molecule has 5 nitrogen and oxygen atoms in total. The average molecular weight is 443 g/mol. The van der Waals surface area contributed by atoms with E-state index in [1.54, 1.807) is 55.3 Å². The molecule has 0 radical (unpaired) electrons. The van der Waals surface area contributed by atoms with Crippen LogP contribution in [-0.4, -0.2) is 30.8 Å². The van der Waals surface area contributed by atoms with E-state index >= 15 is 0 Å². The summed E-state index contributed by atoms with van der Waals surface area (Å²) < 4.78 is 10.5. The van der Waals surface area contributed by atoms with Crippen molar-refractivity contribution in [3.8, 4) is 11.5 Å². The highest BCUT2D eigenvalue weighted by Gasteiger charge is 2.17. The number of hydrogen-bond acceptors (Lipinski definition) is 6. The summed E-state index contributed by atoms with van der Waals surface area (Å²) >= 11 is 7.72. The number of nitrogens with two attached hydrogens (primary N) is 1. The molecule has 0 amide bonds. The second-order valence-electron chi connectivity index (χ2n) is 6.56. The number of ether oxygens (including phenoxy) is 2. The molecule has 1 heterocycles. The molecule has 30 heavy (non-hydrogen) atoms. The maximum absolute atomic E-state index is 12.8. The third kappa shape index (κ3) is 5.01. The van der Waals surface area contributed by atoms with Crippen LogP contribution in [0.2, 0.25) is 5.02 Å². The predicted octanol–water partition coefficient (Wildman–Crippen LogP) is 5.29. The molecule has 3 rings (SSSR count). The zero-order valence-corrected chi connectivity index (χ0v) is 18.6. The van der Waals surface area contributed by atoms with E-state index in [0.29, 0.717) is 27.8 Å². The van der Waals surface area contributed by atoms with Gasteiger partial charge in [0, 0.05) is 16.8 Å². The van der Waals surface area contributed by atoms with Gasteiger partial charge in [-0.25, -0.2) is 0 Å². The van der Waals surface area contributed by atoms with Crippen molar-refractivity contribution in [3.63, 3.8) is 0 Å². The molecule has 2 aromatic rings. The number of methoxy groups -OCH3 is 2. The minimum atomic E-state index is -0.162. The molecule has 0 saturated heterocycles. The van der Waals surface area contributed by atoms with Crippen LogP contribution in [0.25, 0.3) is 5.70 Å². The van der Waals surface area contributed by atoms with E-state index in [1.165, 1.54) is 18.1 Å².